The molecule has 19 heavy (non-hydrogen) atoms. The van der Waals surface area contributed by atoms with E-state index in [1.165, 1.54) is 6.07 Å². The first-order chi connectivity index (χ1) is 8.80. The Balaban J connectivity index is 2.31. The van der Waals surface area contributed by atoms with Gasteiger partial charge in [0, 0.05) is 24.3 Å². The molecule has 1 saturated heterocycles. The second-order valence-corrected chi connectivity index (χ2v) is 5.82. The summed E-state index contributed by atoms with van der Waals surface area (Å²) >= 11 is 0. The van der Waals surface area contributed by atoms with Crippen molar-refractivity contribution in [2.45, 2.75) is 45.3 Å². The Hall–Kier alpha value is -1.13. The van der Waals surface area contributed by atoms with E-state index in [-0.39, 0.29) is 5.82 Å². The van der Waals surface area contributed by atoms with Crippen molar-refractivity contribution in [3.05, 3.63) is 29.1 Å². The highest BCUT2D eigenvalue weighted by molar-refractivity contribution is 5.57. The average Bonchev–Trinajstić information content (AvgIpc) is 2.32. The molecule has 0 spiro atoms. The Labute approximate surface area is 113 Å². The van der Waals surface area contributed by atoms with Crippen LogP contribution in [0.3, 0.4) is 0 Å². The lowest BCUT2D eigenvalue weighted by Crippen LogP contribution is -2.42. The van der Waals surface area contributed by atoms with Crippen molar-refractivity contribution in [2.24, 2.45) is 0 Å². The number of aliphatic hydroxyl groups excluding tert-OH is 1. The van der Waals surface area contributed by atoms with Crippen LogP contribution in [-0.4, -0.2) is 28.9 Å². The largest absolute Gasteiger partial charge is 0.390 e. The third-order valence-corrected chi connectivity index (χ3v) is 3.94. The van der Waals surface area contributed by atoms with Gasteiger partial charge in [0.15, 0.2) is 0 Å². The Kier molecular flexibility index (Phi) is 3.83. The number of halogens is 1. The topological polar surface area (TPSA) is 43.7 Å². The Bertz CT molecular complexity index is 461. The number of rotatable bonds is 2. The van der Waals surface area contributed by atoms with Gasteiger partial charge in [-0.3, -0.25) is 0 Å². The molecule has 106 valence electrons. The molecule has 2 rings (SSSR count). The molecule has 0 aromatic heterocycles. The van der Waals surface area contributed by atoms with Gasteiger partial charge >= 0.3 is 0 Å². The van der Waals surface area contributed by atoms with Crippen LogP contribution in [0.4, 0.5) is 10.1 Å². The first-order valence-corrected chi connectivity index (χ1v) is 6.75. The number of nitrogens with zero attached hydrogens (tertiary/aromatic N) is 1. The van der Waals surface area contributed by atoms with Gasteiger partial charge in [0.05, 0.1) is 11.7 Å². The smallest absolute Gasteiger partial charge is 0.126 e. The molecular weight excluding hydrogens is 245 g/mol. The minimum Gasteiger partial charge on any atom is -0.390 e. The molecule has 4 heteroatoms. The van der Waals surface area contributed by atoms with Crippen LogP contribution >= 0.6 is 0 Å². The maximum absolute atomic E-state index is 13.6. The van der Waals surface area contributed by atoms with E-state index >= 15 is 0 Å². The molecule has 2 N–H and O–H groups in total. The number of piperidine rings is 1. The van der Waals surface area contributed by atoms with Crippen LogP contribution in [0.25, 0.3) is 0 Å². The maximum Gasteiger partial charge on any atom is 0.126 e. The van der Waals surface area contributed by atoms with E-state index in [0.29, 0.717) is 24.0 Å². The van der Waals surface area contributed by atoms with Gasteiger partial charge in [-0.05, 0) is 51.3 Å². The van der Waals surface area contributed by atoms with E-state index in [9.17, 15) is 14.6 Å². The molecule has 3 nitrogen and oxygen atoms in total. The van der Waals surface area contributed by atoms with Gasteiger partial charge < -0.3 is 15.1 Å². The van der Waals surface area contributed by atoms with Crippen molar-refractivity contribution in [3.63, 3.8) is 0 Å². The van der Waals surface area contributed by atoms with Crippen molar-refractivity contribution in [2.75, 3.05) is 18.0 Å². The highest BCUT2D eigenvalue weighted by atomic mass is 19.1. The number of aliphatic hydroxyl groups is 2. The Morgan fingerprint density at radius 2 is 1.89 bits per heavy atom. The van der Waals surface area contributed by atoms with Crippen LogP contribution in [0.1, 0.15) is 43.9 Å². The number of anilines is 1. The van der Waals surface area contributed by atoms with Gasteiger partial charge in [-0.15, -0.1) is 0 Å². The molecule has 0 radical (unpaired) electrons. The fourth-order valence-electron chi connectivity index (χ4n) is 2.52. The van der Waals surface area contributed by atoms with Crippen LogP contribution < -0.4 is 4.90 Å². The van der Waals surface area contributed by atoms with Gasteiger partial charge in [-0.1, -0.05) is 0 Å². The normalized spacial score (nSPS) is 20.4. The SMILES string of the molecule is Cc1cc(N2CCC(C)(O)CC2)c([C@@H](C)O)cc1F. The van der Waals surface area contributed by atoms with Crippen molar-refractivity contribution in [3.8, 4) is 0 Å². The van der Waals surface area contributed by atoms with Gasteiger partial charge in [0.25, 0.3) is 0 Å². The molecule has 1 atom stereocenters. The summed E-state index contributed by atoms with van der Waals surface area (Å²) in [6, 6.07) is 3.21. The number of hydrogen-bond acceptors (Lipinski definition) is 3. The summed E-state index contributed by atoms with van der Waals surface area (Å²) in [5, 5.41) is 19.8. The molecule has 1 fully saturated rings. The zero-order valence-corrected chi connectivity index (χ0v) is 11.8. The van der Waals surface area contributed by atoms with Crippen LogP contribution in [0.15, 0.2) is 12.1 Å². The van der Waals surface area contributed by atoms with Crippen LogP contribution in [0.5, 0.6) is 0 Å². The maximum atomic E-state index is 13.6. The van der Waals surface area contributed by atoms with Gasteiger partial charge in [0.1, 0.15) is 5.82 Å². The first-order valence-electron chi connectivity index (χ1n) is 6.75. The summed E-state index contributed by atoms with van der Waals surface area (Å²) in [5.74, 6) is -0.288. The minimum absolute atomic E-state index is 0.288. The van der Waals surface area contributed by atoms with Gasteiger partial charge in [-0.25, -0.2) is 4.39 Å². The quantitative estimate of drug-likeness (QED) is 0.865. The highest BCUT2D eigenvalue weighted by Crippen LogP contribution is 2.33. The summed E-state index contributed by atoms with van der Waals surface area (Å²) in [7, 11) is 0. The molecule has 1 heterocycles. The van der Waals surface area contributed by atoms with Crippen molar-refractivity contribution >= 4 is 5.69 Å². The molecule has 1 aromatic carbocycles. The third-order valence-electron chi connectivity index (χ3n) is 3.94. The average molecular weight is 267 g/mol. The number of hydrogen-bond donors (Lipinski definition) is 2. The van der Waals surface area contributed by atoms with Crippen molar-refractivity contribution in [1.82, 2.24) is 0 Å². The van der Waals surface area contributed by atoms with Crippen LogP contribution in [0, 0.1) is 12.7 Å². The molecule has 0 unspecified atom stereocenters. The molecule has 0 bridgehead atoms. The lowest BCUT2D eigenvalue weighted by atomic mass is 9.92. The summed E-state index contributed by atoms with van der Waals surface area (Å²) < 4.78 is 13.6. The zero-order valence-electron chi connectivity index (χ0n) is 11.8. The first kappa shape index (κ1) is 14.3. The third kappa shape index (κ3) is 3.07. The minimum atomic E-state index is -0.701. The van der Waals surface area contributed by atoms with E-state index in [0.717, 1.165) is 18.8 Å². The van der Waals surface area contributed by atoms with E-state index in [1.54, 1.807) is 19.9 Å². The second-order valence-electron chi connectivity index (χ2n) is 5.82. The Morgan fingerprint density at radius 3 is 2.42 bits per heavy atom. The lowest BCUT2D eigenvalue weighted by molar-refractivity contribution is 0.0350. The fourth-order valence-corrected chi connectivity index (χ4v) is 2.52. The van der Waals surface area contributed by atoms with E-state index in [1.807, 2.05) is 6.92 Å². The summed E-state index contributed by atoms with van der Waals surface area (Å²) in [6.45, 7) is 6.66. The van der Waals surface area contributed by atoms with Crippen LogP contribution in [0.2, 0.25) is 0 Å². The summed E-state index contributed by atoms with van der Waals surface area (Å²) in [6.07, 6.45) is 0.665. The molecule has 0 amide bonds. The number of aryl methyl sites for hydroxylation is 1. The monoisotopic (exact) mass is 267 g/mol. The predicted molar refractivity (Wildman–Crippen MR) is 73.8 cm³/mol. The molecule has 0 aliphatic carbocycles. The molecule has 1 aromatic rings. The lowest BCUT2D eigenvalue weighted by Gasteiger charge is -2.38. The Morgan fingerprint density at radius 1 is 1.32 bits per heavy atom. The summed E-state index contributed by atoms with van der Waals surface area (Å²) in [4.78, 5) is 2.12. The van der Waals surface area contributed by atoms with Gasteiger partial charge in [-0.2, -0.15) is 0 Å². The number of benzene rings is 1. The molecule has 1 aliphatic rings. The molecule has 0 saturated carbocycles. The van der Waals surface area contributed by atoms with Crippen molar-refractivity contribution < 1.29 is 14.6 Å². The van der Waals surface area contributed by atoms with E-state index < -0.39 is 11.7 Å². The summed E-state index contributed by atoms with van der Waals surface area (Å²) in [5.41, 5.74) is 1.46. The van der Waals surface area contributed by atoms with E-state index in [4.69, 9.17) is 0 Å². The van der Waals surface area contributed by atoms with Crippen molar-refractivity contribution in [1.29, 1.82) is 0 Å². The standard InChI is InChI=1S/C15H22FNO2/c1-10-8-14(12(11(2)18)9-13(10)16)17-6-4-15(3,19)5-7-17/h8-9,11,18-19H,4-7H2,1-3H3/t11-/m1/s1. The second kappa shape index (κ2) is 5.10. The zero-order chi connectivity index (χ0) is 14.2. The molecule has 1 aliphatic heterocycles. The van der Waals surface area contributed by atoms with E-state index in [2.05, 4.69) is 4.90 Å². The highest BCUT2D eigenvalue weighted by Gasteiger charge is 2.29. The molecular formula is C15H22FNO2. The van der Waals surface area contributed by atoms with Gasteiger partial charge in [0.2, 0.25) is 0 Å². The fraction of sp³-hybridized carbons (Fsp3) is 0.600. The van der Waals surface area contributed by atoms with Crippen LogP contribution in [-0.2, 0) is 0 Å². The predicted octanol–water partition coefficient (Wildman–Crippen LogP) is 2.54.